The number of aromatic nitrogens is 4. The van der Waals surface area contributed by atoms with Gasteiger partial charge in [0.1, 0.15) is 6.33 Å². The number of carbonyl (C=O) groups is 1. The molecule has 0 saturated carbocycles. The first-order valence-electron chi connectivity index (χ1n) is 5.24. The first kappa shape index (κ1) is 10.4. The van der Waals surface area contributed by atoms with Crippen molar-refractivity contribution in [1.29, 1.82) is 0 Å². The molecule has 3 rings (SSSR count). The lowest BCUT2D eigenvalue weighted by Gasteiger charge is -2.05. The molecule has 2 heterocycles. The minimum absolute atomic E-state index is 0.201. The van der Waals surface area contributed by atoms with Crippen molar-refractivity contribution in [2.45, 2.75) is 0 Å². The van der Waals surface area contributed by atoms with Crippen LogP contribution in [-0.2, 0) is 0 Å². The number of benzene rings is 1. The van der Waals surface area contributed by atoms with Crippen molar-refractivity contribution >= 4 is 16.9 Å². The Morgan fingerprint density at radius 1 is 1.28 bits per heavy atom. The third kappa shape index (κ3) is 1.60. The van der Waals surface area contributed by atoms with Gasteiger partial charge in [-0.15, -0.1) is 0 Å². The van der Waals surface area contributed by atoms with Crippen LogP contribution in [0.3, 0.4) is 0 Å². The molecule has 88 valence electrons. The van der Waals surface area contributed by atoms with Gasteiger partial charge in [0.2, 0.25) is 0 Å². The van der Waals surface area contributed by atoms with Gasteiger partial charge in [0.25, 0.3) is 0 Å². The molecule has 0 fully saturated rings. The maximum atomic E-state index is 10.9. The normalized spacial score (nSPS) is 10.7. The van der Waals surface area contributed by atoms with Gasteiger partial charge in [-0.25, -0.2) is 19.4 Å². The molecule has 2 aromatic heterocycles. The summed E-state index contributed by atoms with van der Waals surface area (Å²) < 4.78 is 1.62. The summed E-state index contributed by atoms with van der Waals surface area (Å²) in [6.07, 6.45) is 4.82. The SMILES string of the molecule is O=C(O)c1ccc2c(-n3cccn3)ncnc2c1. The Bertz CT molecular complexity index is 722. The molecule has 0 saturated heterocycles. The molecular weight excluding hydrogens is 232 g/mol. The summed E-state index contributed by atoms with van der Waals surface area (Å²) in [4.78, 5) is 19.1. The first-order chi connectivity index (χ1) is 8.75. The number of carboxylic acid groups (broad SMARTS) is 1. The number of hydrogen-bond donors (Lipinski definition) is 1. The molecule has 0 bridgehead atoms. The summed E-state index contributed by atoms with van der Waals surface area (Å²) in [6.45, 7) is 0. The fourth-order valence-electron chi connectivity index (χ4n) is 1.75. The van der Waals surface area contributed by atoms with Crippen LogP contribution in [0.25, 0.3) is 16.7 Å². The van der Waals surface area contributed by atoms with E-state index in [1.165, 1.54) is 18.5 Å². The van der Waals surface area contributed by atoms with E-state index in [0.717, 1.165) is 5.39 Å². The summed E-state index contributed by atoms with van der Waals surface area (Å²) in [6, 6.07) is 6.53. The quantitative estimate of drug-likeness (QED) is 0.734. The van der Waals surface area contributed by atoms with E-state index in [0.29, 0.717) is 11.3 Å². The molecule has 0 atom stereocenters. The van der Waals surface area contributed by atoms with Crippen LogP contribution in [0, 0.1) is 0 Å². The van der Waals surface area contributed by atoms with E-state index < -0.39 is 5.97 Å². The third-order valence-corrected chi connectivity index (χ3v) is 2.58. The molecule has 0 unspecified atom stereocenters. The van der Waals surface area contributed by atoms with Crippen LogP contribution in [0.15, 0.2) is 43.0 Å². The number of hydrogen-bond acceptors (Lipinski definition) is 4. The van der Waals surface area contributed by atoms with Gasteiger partial charge >= 0.3 is 5.97 Å². The van der Waals surface area contributed by atoms with Crippen molar-refractivity contribution in [1.82, 2.24) is 19.7 Å². The van der Waals surface area contributed by atoms with Gasteiger partial charge in [-0.1, -0.05) is 0 Å². The Morgan fingerprint density at radius 2 is 2.17 bits per heavy atom. The van der Waals surface area contributed by atoms with Crippen LogP contribution in [0.4, 0.5) is 0 Å². The second kappa shape index (κ2) is 3.92. The van der Waals surface area contributed by atoms with Gasteiger partial charge in [0.05, 0.1) is 11.1 Å². The Kier molecular flexibility index (Phi) is 2.26. The van der Waals surface area contributed by atoms with Crippen molar-refractivity contribution in [3.05, 3.63) is 48.5 Å². The van der Waals surface area contributed by atoms with E-state index in [2.05, 4.69) is 15.1 Å². The summed E-state index contributed by atoms with van der Waals surface area (Å²) in [5.41, 5.74) is 0.781. The molecule has 0 aliphatic rings. The number of rotatable bonds is 2. The van der Waals surface area contributed by atoms with E-state index in [-0.39, 0.29) is 5.56 Å². The van der Waals surface area contributed by atoms with Crippen molar-refractivity contribution in [3.8, 4) is 5.82 Å². The maximum absolute atomic E-state index is 10.9. The highest BCUT2D eigenvalue weighted by atomic mass is 16.4. The molecule has 18 heavy (non-hydrogen) atoms. The second-order valence-corrected chi connectivity index (χ2v) is 3.68. The van der Waals surface area contributed by atoms with Crippen molar-refractivity contribution in [2.75, 3.05) is 0 Å². The zero-order valence-electron chi connectivity index (χ0n) is 9.19. The molecule has 6 nitrogen and oxygen atoms in total. The van der Waals surface area contributed by atoms with Gasteiger partial charge < -0.3 is 5.11 Å². The largest absolute Gasteiger partial charge is 0.478 e. The Hall–Kier alpha value is -2.76. The molecule has 0 radical (unpaired) electrons. The zero-order valence-corrected chi connectivity index (χ0v) is 9.19. The topological polar surface area (TPSA) is 80.9 Å². The van der Waals surface area contributed by atoms with Gasteiger partial charge in [-0.3, -0.25) is 0 Å². The Balaban J connectivity index is 2.26. The highest BCUT2D eigenvalue weighted by molar-refractivity contribution is 5.94. The highest BCUT2D eigenvalue weighted by Gasteiger charge is 2.09. The predicted octanol–water partition coefficient (Wildman–Crippen LogP) is 1.51. The van der Waals surface area contributed by atoms with Gasteiger partial charge in [0, 0.05) is 17.8 Å². The molecule has 0 spiro atoms. The van der Waals surface area contributed by atoms with Crippen LogP contribution < -0.4 is 0 Å². The summed E-state index contributed by atoms with van der Waals surface area (Å²) in [5.74, 6) is -0.349. The molecule has 1 N–H and O–H groups in total. The number of carboxylic acids is 1. The molecule has 0 amide bonds. The Labute approximate surface area is 102 Å². The lowest BCUT2D eigenvalue weighted by molar-refractivity contribution is 0.0697. The molecular formula is C12H8N4O2. The fourth-order valence-corrected chi connectivity index (χ4v) is 1.75. The van der Waals surface area contributed by atoms with Crippen LogP contribution in [-0.4, -0.2) is 30.8 Å². The van der Waals surface area contributed by atoms with Crippen LogP contribution in [0.5, 0.6) is 0 Å². The summed E-state index contributed by atoms with van der Waals surface area (Å²) >= 11 is 0. The minimum Gasteiger partial charge on any atom is -0.478 e. The molecule has 1 aromatic carbocycles. The standard InChI is InChI=1S/C12H8N4O2/c17-12(18)8-2-3-9-10(6-8)13-7-14-11(9)16-5-1-4-15-16/h1-7H,(H,17,18). The van der Waals surface area contributed by atoms with E-state index in [1.807, 2.05) is 0 Å². The third-order valence-electron chi connectivity index (χ3n) is 2.58. The zero-order chi connectivity index (χ0) is 12.5. The average molecular weight is 240 g/mol. The van der Waals surface area contributed by atoms with Crippen LogP contribution in [0.1, 0.15) is 10.4 Å². The van der Waals surface area contributed by atoms with Crippen molar-refractivity contribution in [2.24, 2.45) is 0 Å². The van der Waals surface area contributed by atoms with Crippen LogP contribution >= 0.6 is 0 Å². The van der Waals surface area contributed by atoms with E-state index in [9.17, 15) is 4.79 Å². The predicted molar refractivity (Wildman–Crippen MR) is 63.6 cm³/mol. The second-order valence-electron chi connectivity index (χ2n) is 3.68. The van der Waals surface area contributed by atoms with Crippen LogP contribution in [0.2, 0.25) is 0 Å². The number of fused-ring (bicyclic) bond motifs is 1. The van der Waals surface area contributed by atoms with E-state index in [4.69, 9.17) is 5.11 Å². The van der Waals surface area contributed by atoms with E-state index in [1.54, 1.807) is 29.2 Å². The lowest BCUT2D eigenvalue weighted by Crippen LogP contribution is -2.01. The van der Waals surface area contributed by atoms with Gasteiger partial charge in [-0.2, -0.15) is 5.10 Å². The minimum atomic E-state index is -0.976. The lowest BCUT2D eigenvalue weighted by atomic mass is 10.1. The molecule has 3 aromatic rings. The number of aromatic carboxylic acids is 1. The average Bonchev–Trinajstić information content (AvgIpc) is 2.91. The summed E-state index contributed by atoms with van der Waals surface area (Å²) in [7, 11) is 0. The molecule has 0 aliphatic carbocycles. The number of nitrogens with zero attached hydrogens (tertiary/aromatic N) is 4. The van der Waals surface area contributed by atoms with Gasteiger partial charge in [0.15, 0.2) is 5.82 Å². The maximum Gasteiger partial charge on any atom is 0.335 e. The van der Waals surface area contributed by atoms with Gasteiger partial charge in [-0.05, 0) is 24.3 Å². The monoisotopic (exact) mass is 240 g/mol. The smallest absolute Gasteiger partial charge is 0.335 e. The first-order valence-corrected chi connectivity index (χ1v) is 5.24. The Morgan fingerprint density at radius 3 is 2.89 bits per heavy atom. The fraction of sp³-hybridized carbons (Fsp3) is 0. The highest BCUT2D eigenvalue weighted by Crippen LogP contribution is 2.19. The van der Waals surface area contributed by atoms with Crippen molar-refractivity contribution in [3.63, 3.8) is 0 Å². The molecule has 6 heteroatoms. The molecule has 0 aliphatic heterocycles. The van der Waals surface area contributed by atoms with Crippen molar-refractivity contribution < 1.29 is 9.90 Å². The summed E-state index contributed by atoms with van der Waals surface area (Å²) in [5, 5.41) is 13.8. The van der Waals surface area contributed by atoms with E-state index >= 15 is 0 Å².